The van der Waals surface area contributed by atoms with Crippen molar-refractivity contribution in [2.45, 2.75) is 38.3 Å². The van der Waals surface area contributed by atoms with Crippen LogP contribution in [0.1, 0.15) is 22.3 Å². The van der Waals surface area contributed by atoms with Crippen LogP contribution in [0.3, 0.4) is 0 Å². The summed E-state index contributed by atoms with van der Waals surface area (Å²) >= 11 is 12.2. The van der Waals surface area contributed by atoms with Gasteiger partial charge in [0.2, 0.25) is 11.8 Å². The predicted molar refractivity (Wildman–Crippen MR) is 207 cm³/mol. The van der Waals surface area contributed by atoms with E-state index in [-0.39, 0.29) is 44.5 Å². The lowest BCUT2D eigenvalue weighted by Crippen LogP contribution is -2.65. The van der Waals surface area contributed by atoms with Crippen molar-refractivity contribution in [2.24, 2.45) is 0 Å². The van der Waals surface area contributed by atoms with Crippen LogP contribution in [-0.2, 0) is 40.4 Å². The molecule has 5 aromatic rings. The first-order valence-corrected chi connectivity index (χ1v) is 18.3. The maximum absolute atomic E-state index is 14.4. The van der Waals surface area contributed by atoms with E-state index in [2.05, 4.69) is 10.6 Å². The van der Waals surface area contributed by atoms with E-state index in [0.29, 0.717) is 22.3 Å². The SMILES string of the molecule is CN(C(=O)NCc1ccc(Cl)c(Cl)c1)N1CC(=O)N2[C@@H](Cc3ccc(NC(=O)OCc4ccccc4)cc3)C(=O)N(Cc3cccc4ccccc34)C[C@@H]21. The number of carbonyl (C=O) groups excluding carboxylic acids is 4. The van der Waals surface area contributed by atoms with Crippen molar-refractivity contribution in [2.75, 3.05) is 25.5 Å². The van der Waals surface area contributed by atoms with E-state index in [1.165, 1.54) is 5.01 Å². The summed E-state index contributed by atoms with van der Waals surface area (Å²) in [6, 6.07) is 34.4. The second-order valence-electron chi connectivity index (χ2n) is 13.3. The van der Waals surface area contributed by atoms with Crippen molar-refractivity contribution >= 4 is 63.6 Å². The number of halogens is 2. The van der Waals surface area contributed by atoms with Gasteiger partial charge >= 0.3 is 12.1 Å². The first-order valence-electron chi connectivity index (χ1n) is 17.5. The number of piperazine rings is 1. The van der Waals surface area contributed by atoms with E-state index in [1.54, 1.807) is 52.2 Å². The van der Waals surface area contributed by atoms with Gasteiger partial charge in [0.05, 0.1) is 23.1 Å². The molecule has 2 aliphatic heterocycles. The third kappa shape index (κ3) is 8.13. The summed E-state index contributed by atoms with van der Waals surface area (Å²) in [5.41, 5.74) is 3.94. The molecule has 2 saturated heterocycles. The van der Waals surface area contributed by atoms with Crippen molar-refractivity contribution in [3.8, 4) is 0 Å². The van der Waals surface area contributed by atoms with Crippen LogP contribution in [0.5, 0.6) is 0 Å². The molecule has 2 heterocycles. The number of anilines is 1. The standard InChI is InChI=1S/C41H38Cl2N6O5/c1-46(40(52)44-22-29-16-19-34(42)35(43)20-29)48-25-38(50)49-36(21-27-14-17-32(18-15-27)45-41(53)54-26-28-8-3-2-4-9-28)39(51)47(24-37(48)49)23-31-12-7-11-30-10-5-6-13-33(30)31/h2-20,36-37H,21-26H2,1H3,(H,44,52)(H,45,53)/t36-,37+/m0/s1. The number of hydrazine groups is 1. The number of hydrogen-bond acceptors (Lipinski definition) is 6. The molecule has 0 spiro atoms. The van der Waals surface area contributed by atoms with Crippen molar-refractivity contribution in [3.05, 3.63) is 148 Å². The maximum atomic E-state index is 14.4. The molecule has 0 aliphatic carbocycles. The Hall–Kier alpha value is -5.62. The molecule has 54 heavy (non-hydrogen) atoms. The van der Waals surface area contributed by atoms with E-state index in [0.717, 1.165) is 33.0 Å². The smallest absolute Gasteiger partial charge is 0.411 e. The Morgan fingerprint density at radius 3 is 2.33 bits per heavy atom. The number of nitrogens with zero attached hydrogens (tertiary/aromatic N) is 4. The Kier molecular flexibility index (Phi) is 11.0. The van der Waals surface area contributed by atoms with E-state index in [1.807, 2.05) is 84.9 Å². The van der Waals surface area contributed by atoms with Gasteiger partial charge in [-0.25, -0.2) is 9.59 Å². The van der Waals surface area contributed by atoms with Gasteiger partial charge in [-0.3, -0.25) is 19.9 Å². The lowest BCUT2D eigenvalue weighted by Gasteiger charge is -2.46. The highest BCUT2D eigenvalue weighted by molar-refractivity contribution is 6.42. The molecule has 2 aliphatic rings. The number of carbonyl (C=O) groups is 4. The summed E-state index contributed by atoms with van der Waals surface area (Å²) in [5, 5.41) is 11.6. The minimum atomic E-state index is -0.835. The molecule has 0 aromatic heterocycles. The van der Waals surface area contributed by atoms with Crippen LogP contribution >= 0.6 is 23.2 Å². The highest BCUT2D eigenvalue weighted by Gasteiger charge is 2.51. The van der Waals surface area contributed by atoms with Gasteiger partial charge in [0.1, 0.15) is 18.8 Å². The van der Waals surface area contributed by atoms with Crippen LogP contribution in [-0.4, -0.2) is 76.1 Å². The molecule has 0 unspecified atom stereocenters. The molecular formula is C41H38Cl2N6O5. The molecule has 5 amide bonds. The Morgan fingerprint density at radius 1 is 0.833 bits per heavy atom. The van der Waals surface area contributed by atoms with Gasteiger partial charge in [0.15, 0.2) is 0 Å². The zero-order valence-electron chi connectivity index (χ0n) is 29.5. The molecule has 11 nitrogen and oxygen atoms in total. The lowest BCUT2D eigenvalue weighted by atomic mass is 9.98. The zero-order valence-corrected chi connectivity index (χ0v) is 31.0. The highest BCUT2D eigenvalue weighted by Crippen LogP contribution is 2.31. The molecule has 2 atom stereocenters. The van der Waals surface area contributed by atoms with Gasteiger partial charge in [-0.15, -0.1) is 0 Å². The van der Waals surface area contributed by atoms with Gasteiger partial charge in [-0.05, 0) is 57.3 Å². The van der Waals surface area contributed by atoms with Crippen molar-refractivity contribution < 1.29 is 23.9 Å². The van der Waals surface area contributed by atoms with Crippen LogP contribution in [0, 0.1) is 0 Å². The number of hydrogen-bond donors (Lipinski definition) is 2. The van der Waals surface area contributed by atoms with Crippen LogP contribution in [0.25, 0.3) is 10.8 Å². The van der Waals surface area contributed by atoms with E-state index in [4.69, 9.17) is 27.9 Å². The largest absolute Gasteiger partial charge is 0.444 e. The van der Waals surface area contributed by atoms with Crippen molar-refractivity contribution in [1.29, 1.82) is 0 Å². The minimum Gasteiger partial charge on any atom is -0.444 e. The number of ether oxygens (including phenoxy) is 1. The second-order valence-corrected chi connectivity index (χ2v) is 14.1. The first-order chi connectivity index (χ1) is 26.1. The third-order valence-corrected chi connectivity index (χ3v) is 10.5. The van der Waals surface area contributed by atoms with Crippen LogP contribution in [0.2, 0.25) is 10.0 Å². The fourth-order valence-electron chi connectivity index (χ4n) is 6.97. The monoisotopic (exact) mass is 764 g/mol. The number of rotatable bonds is 10. The quantitative estimate of drug-likeness (QED) is 0.157. The van der Waals surface area contributed by atoms with E-state index < -0.39 is 24.3 Å². The fourth-order valence-corrected chi connectivity index (χ4v) is 7.29. The topological polar surface area (TPSA) is 115 Å². The molecule has 13 heteroatoms. The average Bonchev–Trinajstić information content (AvgIpc) is 3.52. The fraction of sp³-hybridized carbons (Fsp3) is 0.220. The van der Waals surface area contributed by atoms with Crippen molar-refractivity contribution in [1.82, 2.24) is 25.1 Å². The summed E-state index contributed by atoms with van der Waals surface area (Å²) in [6.07, 6.45) is -0.961. The number of amides is 5. The molecule has 0 saturated carbocycles. The molecule has 0 bridgehead atoms. The van der Waals surface area contributed by atoms with Crippen molar-refractivity contribution in [3.63, 3.8) is 0 Å². The van der Waals surface area contributed by atoms with Gasteiger partial charge in [0, 0.05) is 32.2 Å². The molecule has 276 valence electrons. The summed E-state index contributed by atoms with van der Waals surface area (Å²) in [5.74, 6) is -0.445. The number of nitrogens with one attached hydrogen (secondary N) is 2. The molecule has 2 N–H and O–H groups in total. The summed E-state index contributed by atoms with van der Waals surface area (Å²) < 4.78 is 5.35. The van der Waals surface area contributed by atoms with E-state index in [9.17, 15) is 19.2 Å². The Labute approximate surface area is 322 Å². The van der Waals surface area contributed by atoms with Gasteiger partial charge in [0.25, 0.3) is 0 Å². The molecule has 5 aromatic carbocycles. The van der Waals surface area contributed by atoms with Gasteiger partial charge in [-0.1, -0.05) is 114 Å². The second kappa shape index (κ2) is 16.2. The maximum Gasteiger partial charge on any atom is 0.411 e. The number of fused-ring (bicyclic) bond motifs is 2. The van der Waals surface area contributed by atoms with Crippen LogP contribution in [0.15, 0.2) is 115 Å². The molecule has 2 fully saturated rings. The third-order valence-electron chi connectivity index (χ3n) is 9.76. The summed E-state index contributed by atoms with van der Waals surface area (Å²) in [7, 11) is 1.61. The van der Waals surface area contributed by atoms with Crippen LogP contribution < -0.4 is 10.6 Å². The van der Waals surface area contributed by atoms with E-state index >= 15 is 0 Å². The number of urea groups is 1. The molecule has 7 rings (SSSR count). The predicted octanol–water partition coefficient (Wildman–Crippen LogP) is 7.08. The van der Waals surface area contributed by atoms with Gasteiger partial charge in [-0.2, -0.15) is 5.01 Å². The molecular weight excluding hydrogens is 727 g/mol. The van der Waals surface area contributed by atoms with Crippen LogP contribution in [0.4, 0.5) is 15.3 Å². The van der Waals surface area contributed by atoms with Gasteiger partial charge < -0.3 is 19.9 Å². The Bertz CT molecular complexity index is 2180. The summed E-state index contributed by atoms with van der Waals surface area (Å²) in [4.78, 5) is 57.5. The number of benzene rings is 5. The molecule has 0 radical (unpaired) electrons. The summed E-state index contributed by atoms with van der Waals surface area (Å²) in [6.45, 7) is 0.772. The first kappa shape index (κ1) is 36.7. The zero-order chi connectivity index (χ0) is 37.8. The Morgan fingerprint density at radius 2 is 1.56 bits per heavy atom. The normalized spacial score (nSPS) is 17.0. The highest BCUT2D eigenvalue weighted by atomic mass is 35.5. The lowest BCUT2D eigenvalue weighted by molar-refractivity contribution is -0.157. The Balaban J connectivity index is 1.09. The minimum absolute atomic E-state index is 0.0821. The average molecular weight is 766 g/mol.